The molecule has 1 N–H and O–H groups in total. The van der Waals surface area contributed by atoms with E-state index in [4.69, 9.17) is 9.47 Å². The Balaban J connectivity index is 1.61. The second-order valence-electron chi connectivity index (χ2n) is 10.9. The molecule has 2 aliphatic heterocycles. The van der Waals surface area contributed by atoms with Gasteiger partial charge in [-0.3, -0.25) is 0 Å². The topological polar surface area (TPSA) is 74.4 Å². The average molecular weight is 441 g/mol. The van der Waals surface area contributed by atoms with E-state index in [0.717, 1.165) is 65.0 Å². The Morgan fingerprint density at radius 2 is 1.26 bits per heavy atom. The number of hydrogen-bond donors (Lipinski definition) is 1. The van der Waals surface area contributed by atoms with Gasteiger partial charge in [-0.25, -0.2) is 9.59 Å². The molecule has 0 radical (unpaired) electrons. The second-order valence-corrected chi connectivity index (χ2v) is 10.9. The van der Waals surface area contributed by atoms with E-state index >= 15 is 0 Å². The highest BCUT2D eigenvalue weighted by atomic mass is 16.6. The molecule has 0 saturated carbocycles. The van der Waals surface area contributed by atoms with Crippen molar-refractivity contribution >= 4 is 12.2 Å². The van der Waals surface area contributed by atoms with Crippen LogP contribution in [-0.2, 0) is 9.47 Å². The summed E-state index contributed by atoms with van der Waals surface area (Å²) in [5.41, 5.74) is -0.890. The smallest absolute Gasteiger partial charge is 0.410 e. The molecule has 0 unspecified atom stereocenters. The lowest BCUT2D eigenvalue weighted by atomic mass is 10.0. The van der Waals surface area contributed by atoms with Crippen LogP contribution in [0.1, 0.15) is 67.2 Å². The number of carbonyl (C=O) groups excluding carboxylic acids is 2. The Kier molecular flexibility index (Phi) is 9.01. The number of piperidine rings is 2. The molecule has 180 valence electrons. The maximum absolute atomic E-state index is 12.2. The van der Waals surface area contributed by atoms with Crippen molar-refractivity contribution in [2.24, 2.45) is 0 Å². The van der Waals surface area contributed by atoms with Gasteiger partial charge in [0.05, 0.1) is 0 Å². The zero-order chi connectivity index (χ0) is 23.2. The van der Waals surface area contributed by atoms with E-state index < -0.39 is 11.2 Å². The molecule has 0 bridgehead atoms. The molecule has 0 atom stereocenters. The zero-order valence-electron chi connectivity index (χ0n) is 20.7. The first-order chi connectivity index (χ1) is 14.3. The Morgan fingerprint density at radius 3 is 1.68 bits per heavy atom. The predicted molar refractivity (Wildman–Crippen MR) is 122 cm³/mol. The summed E-state index contributed by atoms with van der Waals surface area (Å²) in [6.07, 6.45) is 3.46. The standard InChI is InChI=1S/C23H44N4O4/c1-22(2,3)30-20(28)26-13-8-18(9-14-26)24-12-17-25(7)19-10-15-27(16-11-19)21(29)31-23(4,5)6/h18-19,24H,8-17H2,1-7H3. The van der Waals surface area contributed by atoms with Crippen LogP contribution in [0.2, 0.25) is 0 Å². The zero-order valence-corrected chi connectivity index (χ0v) is 20.7. The molecule has 8 heteroatoms. The fourth-order valence-corrected chi connectivity index (χ4v) is 4.04. The van der Waals surface area contributed by atoms with E-state index in [9.17, 15) is 9.59 Å². The highest BCUT2D eigenvalue weighted by molar-refractivity contribution is 5.68. The Labute approximate surface area is 188 Å². The number of hydrogen-bond acceptors (Lipinski definition) is 6. The molecule has 0 aliphatic carbocycles. The molecule has 0 spiro atoms. The molecule has 2 aliphatic rings. The summed E-state index contributed by atoms with van der Waals surface area (Å²) in [5, 5.41) is 3.65. The van der Waals surface area contributed by atoms with E-state index in [0.29, 0.717) is 12.1 Å². The first kappa shape index (κ1) is 25.7. The van der Waals surface area contributed by atoms with Crippen molar-refractivity contribution in [3.63, 3.8) is 0 Å². The van der Waals surface area contributed by atoms with Crippen LogP contribution in [0.4, 0.5) is 9.59 Å². The van der Waals surface area contributed by atoms with Gasteiger partial charge in [0.1, 0.15) is 11.2 Å². The van der Waals surface area contributed by atoms with Gasteiger partial charge in [0, 0.05) is 51.4 Å². The minimum atomic E-state index is -0.445. The van der Waals surface area contributed by atoms with E-state index in [-0.39, 0.29) is 12.2 Å². The lowest BCUT2D eigenvalue weighted by Gasteiger charge is -2.38. The first-order valence-electron chi connectivity index (χ1n) is 11.7. The Hall–Kier alpha value is -1.54. The van der Waals surface area contributed by atoms with Crippen molar-refractivity contribution in [3.05, 3.63) is 0 Å². The fourth-order valence-electron chi connectivity index (χ4n) is 4.04. The summed E-state index contributed by atoms with van der Waals surface area (Å²) >= 11 is 0. The van der Waals surface area contributed by atoms with Crippen molar-refractivity contribution in [2.45, 2.75) is 90.5 Å². The number of ether oxygens (including phenoxy) is 2. The molecule has 2 amide bonds. The molecule has 2 fully saturated rings. The molecule has 0 aromatic rings. The number of nitrogens with one attached hydrogen (secondary N) is 1. The lowest BCUT2D eigenvalue weighted by molar-refractivity contribution is 0.0149. The second kappa shape index (κ2) is 10.9. The van der Waals surface area contributed by atoms with Crippen molar-refractivity contribution in [3.8, 4) is 0 Å². The number of carbonyl (C=O) groups is 2. The number of likely N-dealkylation sites (N-methyl/N-ethyl adjacent to an activating group) is 1. The summed E-state index contributed by atoms with van der Waals surface area (Å²) in [6, 6.07) is 0.940. The van der Waals surface area contributed by atoms with Crippen LogP contribution in [0.15, 0.2) is 0 Å². The van der Waals surface area contributed by atoms with Crippen molar-refractivity contribution in [2.75, 3.05) is 46.3 Å². The highest BCUT2D eigenvalue weighted by Gasteiger charge is 2.29. The van der Waals surface area contributed by atoms with Gasteiger partial charge in [-0.1, -0.05) is 0 Å². The van der Waals surface area contributed by atoms with Gasteiger partial charge >= 0.3 is 12.2 Å². The summed E-state index contributed by atoms with van der Waals surface area (Å²) in [6.45, 7) is 16.3. The van der Waals surface area contributed by atoms with Crippen LogP contribution < -0.4 is 5.32 Å². The third kappa shape index (κ3) is 9.23. The first-order valence-corrected chi connectivity index (χ1v) is 11.7. The summed E-state index contributed by atoms with van der Waals surface area (Å²) in [5.74, 6) is 0. The van der Waals surface area contributed by atoms with E-state index in [2.05, 4.69) is 17.3 Å². The summed E-state index contributed by atoms with van der Waals surface area (Å²) in [7, 11) is 2.17. The van der Waals surface area contributed by atoms with Crippen molar-refractivity contribution in [1.82, 2.24) is 20.0 Å². The van der Waals surface area contributed by atoms with Crippen LogP contribution in [-0.4, -0.2) is 96.5 Å². The number of rotatable bonds is 5. The van der Waals surface area contributed by atoms with Gasteiger partial charge in [-0.05, 0) is 74.3 Å². The minimum absolute atomic E-state index is 0.201. The van der Waals surface area contributed by atoms with Gasteiger partial charge in [0.2, 0.25) is 0 Å². The van der Waals surface area contributed by atoms with Gasteiger partial charge in [-0.2, -0.15) is 0 Å². The van der Waals surface area contributed by atoms with Crippen LogP contribution in [0.25, 0.3) is 0 Å². The van der Waals surface area contributed by atoms with Crippen LogP contribution in [0, 0.1) is 0 Å². The maximum atomic E-state index is 12.2. The average Bonchev–Trinajstić information content (AvgIpc) is 2.66. The van der Waals surface area contributed by atoms with Gasteiger partial charge in [-0.15, -0.1) is 0 Å². The summed E-state index contributed by atoms with van der Waals surface area (Å²) in [4.78, 5) is 30.4. The molecule has 31 heavy (non-hydrogen) atoms. The molecule has 2 rings (SSSR count). The number of amides is 2. The van der Waals surface area contributed by atoms with Crippen LogP contribution in [0.3, 0.4) is 0 Å². The maximum Gasteiger partial charge on any atom is 0.410 e. The van der Waals surface area contributed by atoms with Crippen LogP contribution >= 0.6 is 0 Å². The summed E-state index contributed by atoms with van der Waals surface area (Å²) < 4.78 is 10.9. The molecular weight excluding hydrogens is 396 g/mol. The molecule has 8 nitrogen and oxygen atoms in total. The lowest BCUT2D eigenvalue weighted by Crippen LogP contribution is -2.49. The highest BCUT2D eigenvalue weighted by Crippen LogP contribution is 2.19. The quantitative estimate of drug-likeness (QED) is 0.707. The van der Waals surface area contributed by atoms with Gasteiger partial charge in [0.25, 0.3) is 0 Å². The fraction of sp³-hybridized carbons (Fsp3) is 0.913. The number of nitrogens with zero attached hydrogens (tertiary/aromatic N) is 3. The Morgan fingerprint density at radius 1 is 0.839 bits per heavy atom. The predicted octanol–water partition coefficient (Wildman–Crippen LogP) is 3.31. The molecule has 2 heterocycles. The third-order valence-corrected chi connectivity index (χ3v) is 5.78. The molecular formula is C23H44N4O4. The van der Waals surface area contributed by atoms with E-state index in [1.165, 1.54) is 0 Å². The van der Waals surface area contributed by atoms with E-state index in [1.807, 2.05) is 51.3 Å². The van der Waals surface area contributed by atoms with Gasteiger partial charge in [0.15, 0.2) is 0 Å². The number of likely N-dealkylation sites (tertiary alicyclic amines) is 2. The monoisotopic (exact) mass is 440 g/mol. The molecule has 0 aromatic heterocycles. The van der Waals surface area contributed by atoms with Gasteiger partial charge < -0.3 is 29.5 Å². The van der Waals surface area contributed by atoms with Crippen LogP contribution in [0.5, 0.6) is 0 Å². The van der Waals surface area contributed by atoms with E-state index in [1.54, 1.807) is 0 Å². The minimum Gasteiger partial charge on any atom is -0.444 e. The van der Waals surface area contributed by atoms with Crippen molar-refractivity contribution in [1.29, 1.82) is 0 Å². The Bertz CT molecular complexity index is 583. The molecule has 0 aromatic carbocycles. The third-order valence-electron chi connectivity index (χ3n) is 5.78. The van der Waals surface area contributed by atoms with Crippen molar-refractivity contribution < 1.29 is 19.1 Å². The molecule has 2 saturated heterocycles. The normalized spacial score (nSPS) is 19.6. The largest absolute Gasteiger partial charge is 0.444 e. The SMILES string of the molecule is CN(CCNC1CCN(C(=O)OC(C)(C)C)CC1)C1CCN(C(=O)OC(C)(C)C)CC1.